The molecular weight excluding hydrogens is 1010 g/mol. The van der Waals surface area contributed by atoms with E-state index in [0.29, 0.717) is 12.8 Å². The lowest BCUT2D eigenvalue weighted by Gasteiger charge is -2.41. The smallest absolute Gasteiger partial charge is 0.306 e. The van der Waals surface area contributed by atoms with E-state index >= 15 is 0 Å². The van der Waals surface area contributed by atoms with Crippen LogP contribution in [0.3, 0.4) is 0 Å². The average Bonchev–Trinajstić information content (AvgIpc) is 3.50. The Kier molecular flexibility index (Phi) is 54.5. The summed E-state index contributed by atoms with van der Waals surface area (Å²) in [5, 5.41) is 57.1. The Morgan fingerprint density at radius 2 is 0.852 bits per heavy atom. The molecule has 11 nitrogen and oxygen atoms in total. The molecule has 0 radical (unpaired) electrons. The van der Waals surface area contributed by atoms with E-state index < -0.39 is 67.4 Å². The fourth-order valence-corrected chi connectivity index (χ4v) is 10.5. The van der Waals surface area contributed by atoms with E-state index in [2.05, 4.69) is 74.7 Å². The highest BCUT2D eigenvalue weighted by Gasteiger charge is 2.47. The summed E-state index contributed by atoms with van der Waals surface area (Å²) in [6.45, 7) is 5.77. The summed E-state index contributed by atoms with van der Waals surface area (Å²) in [7, 11) is 0. The van der Waals surface area contributed by atoms with Crippen molar-refractivity contribution in [1.29, 1.82) is 0 Å². The van der Waals surface area contributed by atoms with Crippen molar-refractivity contribution in [1.82, 2.24) is 5.32 Å². The number of nitrogens with one attached hydrogen (secondary N) is 1. The number of amides is 1. The minimum atomic E-state index is -1.62. The first kappa shape index (κ1) is 76.4. The van der Waals surface area contributed by atoms with Gasteiger partial charge in [0.1, 0.15) is 24.4 Å². The van der Waals surface area contributed by atoms with Crippen molar-refractivity contribution in [2.45, 2.75) is 359 Å². The molecule has 0 aliphatic carbocycles. The lowest BCUT2D eigenvalue weighted by molar-refractivity contribution is -0.305. The van der Waals surface area contributed by atoms with Crippen molar-refractivity contribution in [3.63, 3.8) is 0 Å². The van der Waals surface area contributed by atoms with Gasteiger partial charge in [-0.1, -0.05) is 274 Å². The molecule has 11 heteroatoms. The molecule has 0 bridgehead atoms. The molecule has 0 aromatic rings. The number of allylic oxidation sites excluding steroid dienone is 9. The number of aliphatic hydroxyl groups excluding tert-OH is 5. The molecule has 0 saturated carbocycles. The van der Waals surface area contributed by atoms with E-state index in [1.165, 1.54) is 180 Å². The van der Waals surface area contributed by atoms with Gasteiger partial charge in [-0.2, -0.15) is 0 Å². The molecule has 8 atom stereocenters. The molecule has 1 fully saturated rings. The first-order valence-corrected chi connectivity index (χ1v) is 34.1. The second kappa shape index (κ2) is 57.8. The first-order chi connectivity index (χ1) is 39.7. The number of ether oxygens (including phenoxy) is 3. The molecule has 0 spiro atoms. The number of hydrogen-bond donors (Lipinski definition) is 6. The number of esters is 1. The zero-order valence-corrected chi connectivity index (χ0v) is 52.4. The van der Waals surface area contributed by atoms with Gasteiger partial charge in [0.05, 0.1) is 25.4 Å². The van der Waals surface area contributed by atoms with E-state index in [1.54, 1.807) is 6.08 Å². The summed E-state index contributed by atoms with van der Waals surface area (Å²) in [5.74, 6) is -1.19. The highest BCUT2D eigenvalue weighted by atomic mass is 16.7. The summed E-state index contributed by atoms with van der Waals surface area (Å²) < 4.78 is 17.7. The Labute approximate surface area is 497 Å². The van der Waals surface area contributed by atoms with Crippen molar-refractivity contribution in [3.8, 4) is 0 Å². The van der Waals surface area contributed by atoms with Crippen molar-refractivity contribution >= 4 is 11.9 Å². The topological polar surface area (TPSA) is 175 Å². The quantitative estimate of drug-likeness (QED) is 0.0195. The minimum absolute atomic E-state index is 0.118. The largest absolute Gasteiger partial charge is 0.454 e. The number of unbranched alkanes of at least 4 members (excludes halogenated alkanes) is 36. The fraction of sp³-hybridized carbons (Fsp3) is 0.829. The van der Waals surface area contributed by atoms with Gasteiger partial charge in [-0.25, -0.2) is 0 Å². The highest BCUT2D eigenvalue weighted by molar-refractivity contribution is 5.80. The summed E-state index contributed by atoms with van der Waals surface area (Å²) in [6.07, 6.45) is 62.6. The molecule has 8 unspecified atom stereocenters. The Hall–Kier alpha value is -2.64. The van der Waals surface area contributed by atoms with Gasteiger partial charge in [0.15, 0.2) is 12.4 Å². The third-order valence-electron chi connectivity index (χ3n) is 15.9. The molecule has 1 amide bonds. The number of carbonyl (C=O) groups is 2. The molecule has 1 aliphatic heterocycles. The zero-order chi connectivity index (χ0) is 58.9. The van der Waals surface area contributed by atoms with Crippen LogP contribution in [0.4, 0.5) is 0 Å². The first-order valence-electron chi connectivity index (χ1n) is 34.1. The molecule has 81 heavy (non-hydrogen) atoms. The van der Waals surface area contributed by atoms with Crippen LogP contribution in [-0.2, 0) is 23.8 Å². The van der Waals surface area contributed by atoms with Crippen LogP contribution >= 0.6 is 0 Å². The number of rotatable bonds is 58. The Balaban J connectivity index is 2.59. The van der Waals surface area contributed by atoms with Crippen LogP contribution in [0, 0.1) is 0 Å². The molecule has 1 aliphatic rings. The maximum atomic E-state index is 13.4. The maximum absolute atomic E-state index is 13.4. The normalized spacial score (nSPS) is 19.0. The highest BCUT2D eigenvalue weighted by Crippen LogP contribution is 2.26. The van der Waals surface area contributed by atoms with Gasteiger partial charge in [0, 0.05) is 6.42 Å². The summed E-state index contributed by atoms with van der Waals surface area (Å²) in [4.78, 5) is 26.6. The molecule has 472 valence electrons. The van der Waals surface area contributed by atoms with Crippen molar-refractivity contribution in [2.24, 2.45) is 0 Å². The van der Waals surface area contributed by atoms with E-state index in [9.17, 15) is 35.1 Å². The molecular formula is C70H127NO10. The standard InChI is InChI=1S/C70H127NO10/c1-4-7-10-13-16-19-22-24-26-28-30-31-32-33-34-36-38-40-43-46-49-52-55-58-65(75)81-68-67(77)66(76)64(59-72)80-70(68)79-60-61(62(73)56-53-50-47-44-41-21-18-15-12-9-6-3)71-69(78)63(74)57-54-51-48-45-42-39-37-35-29-27-25-23-20-17-14-11-8-5-2/h16,19,24-27,30-31,53,56,61-64,66-68,70,72-74,76-77H,4-15,17-18,20-23,28-29,32-52,54-55,57-60H2,1-3H3,(H,71,78)/b19-16-,26-24-,27-25+,31-30-,56-53+. The Morgan fingerprint density at radius 1 is 0.481 bits per heavy atom. The van der Waals surface area contributed by atoms with Crippen LogP contribution in [0.5, 0.6) is 0 Å². The van der Waals surface area contributed by atoms with Crippen molar-refractivity contribution in [3.05, 3.63) is 60.8 Å². The van der Waals surface area contributed by atoms with Gasteiger partial charge in [-0.15, -0.1) is 0 Å². The fourth-order valence-electron chi connectivity index (χ4n) is 10.5. The van der Waals surface area contributed by atoms with Gasteiger partial charge < -0.3 is 45.1 Å². The van der Waals surface area contributed by atoms with E-state index in [4.69, 9.17) is 14.2 Å². The summed E-state index contributed by atoms with van der Waals surface area (Å²) in [6, 6.07) is -1.03. The van der Waals surface area contributed by atoms with Gasteiger partial charge in [0.2, 0.25) is 5.91 Å². The van der Waals surface area contributed by atoms with Gasteiger partial charge in [0.25, 0.3) is 0 Å². The van der Waals surface area contributed by atoms with Gasteiger partial charge in [-0.05, 0) is 89.9 Å². The third-order valence-corrected chi connectivity index (χ3v) is 15.9. The average molecular weight is 1140 g/mol. The predicted octanol–water partition coefficient (Wildman–Crippen LogP) is 17.0. The van der Waals surface area contributed by atoms with Crippen molar-refractivity contribution < 1.29 is 49.3 Å². The van der Waals surface area contributed by atoms with E-state index in [0.717, 1.165) is 83.5 Å². The SMILES string of the molecule is CCCCC/C=C\C/C=C\C/C=C\CCCCCCCCCCCCC(=O)OC1C(OCC(NC(=O)C(O)CCCCCCCCCC/C=C/CCCCCCCC)C(O)/C=C/CCCCCCCCCCC)OC(CO)C(O)C1O. The zero-order valence-electron chi connectivity index (χ0n) is 52.4. The van der Waals surface area contributed by atoms with Crippen LogP contribution in [0.15, 0.2) is 60.8 Å². The predicted molar refractivity (Wildman–Crippen MR) is 338 cm³/mol. The molecule has 0 aromatic carbocycles. The minimum Gasteiger partial charge on any atom is -0.454 e. The van der Waals surface area contributed by atoms with Crippen molar-refractivity contribution in [2.75, 3.05) is 13.2 Å². The molecule has 1 saturated heterocycles. The van der Waals surface area contributed by atoms with Crippen LogP contribution in [-0.4, -0.2) is 99.6 Å². The molecule has 6 N–H and O–H groups in total. The van der Waals surface area contributed by atoms with E-state index in [1.807, 2.05) is 6.08 Å². The van der Waals surface area contributed by atoms with E-state index in [-0.39, 0.29) is 19.4 Å². The van der Waals surface area contributed by atoms with Gasteiger partial charge in [-0.3, -0.25) is 9.59 Å². The number of hydrogen-bond acceptors (Lipinski definition) is 10. The number of carbonyl (C=O) groups excluding carboxylic acids is 2. The summed E-state index contributed by atoms with van der Waals surface area (Å²) in [5.41, 5.74) is 0. The maximum Gasteiger partial charge on any atom is 0.306 e. The lowest BCUT2D eigenvalue weighted by atomic mass is 9.99. The second-order valence-electron chi connectivity index (χ2n) is 23.6. The monoisotopic (exact) mass is 1140 g/mol. The number of aliphatic hydroxyl groups is 5. The third kappa shape index (κ3) is 45.4. The Bertz CT molecular complexity index is 1550. The summed E-state index contributed by atoms with van der Waals surface area (Å²) >= 11 is 0. The molecule has 1 rings (SSSR count). The van der Waals surface area contributed by atoms with Crippen LogP contribution in [0.2, 0.25) is 0 Å². The lowest BCUT2D eigenvalue weighted by Crippen LogP contribution is -2.61. The second-order valence-corrected chi connectivity index (χ2v) is 23.6. The van der Waals surface area contributed by atoms with Crippen LogP contribution < -0.4 is 5.32 Å². The van der Waals surface area contributed by atoms with Crippen LogP contribution in [0.25, 0.3) is 0 Å². The van der Waals surface area contributed by atoms with Crippen LogP contribution in [0.1, 0.15) is 310 Å². The Morgan fingerprint density at radius 3 is 1.31 bits per heavy atom. The molecule has 1 heterocycles. The van der Waals surface area contributed by atoms with Gasteiger partial charge >= 0.3 is 5.97 Å². The molecule has 0 aromatic heterocycles.